The summed E-state index contributed by atoms with van der Waals surface area (Å²) in [6.07, 6.45) is 0.120. The van der Waals surface area contributed by atoms with E-state index in [2.05, 4.69) is 30.2 Å². The molecule has 5 heterocycles. The monoisotopic (exact) mass is 604 g/mol. The summed E-state index contributed by atoms with van der Waals surface area (Å²) in [6.45, 7) is -0.475. The molecule has 1 aliphatic heterocycles. The Kier molecular flexibility index (Phi) is 7.49. The van der Waals surface area contributed by atoms with Crippen molar-refractivity contribution in [3.8, 4) is 11.1 Å². The van der Waals surface area contributed by atoms with Crippen LogP contribution in [0.5, 0.6) is 0 Å². The molecule has 4 atom stereocenters. The zero-order valence-electron chi connectivity index (χ0n) is 23.7. The molecular weight excluding hydrogens is 576 g/mol. The van der Waals surface area contributed by atoms with E-state index in [4.69, 9.17) is 4.74 Å². The van der Waals surface area contributed by atoms with Crippen molar-refractivity contribution in [1.82, 2.24) is 29.5 Å². The van der Waals surface area contributed by atoms with Crippen LogP contribution in [0.4, 0.5) is 29.0 Å². The lowest BCUT2D eigenvalue weighted by Gasteiger charge is -2.23. The van der Waals surface area contributed by atoms with Crippen LogP contribution in [0.25, 0.3) is 22.3 Å². The van der Waals surface area contributed by atoms with Gasteiger partial charge in [-0.3, -0.25) is 19.2 Å². The Labute approximate surface area is 256 Å². The fourth-order valence-electron chi connectivity index (χ4n) is 5.32. The van der Waals surface area contributed by atoms with E-state index in [1.165, 1.54) is 10.9 Å². The van der Waals surface area contributed by atoms with Crippen LogP contribution in [0.1, 0.15) is 6.23 Å². The third-order valence-electron chi connectivity index (χ3n) is 7.59. The molecule has 7 rings (SSSR count). The van der Waals surface area contributed by atoms with Gasteiger partial charge < -0.3 is 25.4 Å². The van der Waals surface area contributed by atoms with Crippen LogP contribution < -0.4 is 15.8 Å². The third kappa shape index (κ3) is 5.41. The molecule has 0 aliphatic carbocycles. The molecule has 13 heteroatoms. The van der Waals surface area contributed by atoms with E-state index < -0.39 is 36.7 Å². The summed E-state index contributed by atoms with van der Waals surface area (Å²) < 4.78 is 6.97. The summed E-state index contributed by atoms with van der Waals surface area (Å²) >= 11 is 0. The van der Waals surface area contributed by atoms with Gasteiger partial charge in [-0.1, -0.05) is 36.4 Å². The maximum absolute atomic E-state index is 12.8. The minimum atomic E-state index is -1.34. The number of hydrogen-bond donors (Lipinski definition) is 5. The topological polar surface area (TPSA) is 175 Å². The molecule has 226 valence electrons. The van der Waals surface area contributed by atoms with E-state index in [0.29, 0.717) is 5.69 Å². The summed E-state index contributed by atoms with van der Waals surface area (Å²) in [7, 11) is 0. The lowest BCUT2D eigenvalue weighted by atomic mass is 10.0. The normalized spacial score (nSPS) is 19.5. The molecule has 4 aromatic heterocycles. The Hall–Kier alpha value is -5.47. The van der Waals surface area contributed by atoms with Gasteiger partial charge in [0.15, 0.2) is 17.4 Å². The molecule has 13 nitrogen and oxygen atoms in total. The minimum Gasteiger partial charge on any atom is -0.394 e. The molecule has 1 fully saturated rings. The average molecular weight is 605 g/mol. The number of ether oxygens (including phenoxy) is 1. The first-order valence-corrected chi connectivity index (χ1v) is 14.2. The van der Waals surface area contributed by atoms with Crippen molar-refractivity contribution in [1.29, 1.82) is 0 Å². The molecule has 1 aliphatic rings. The minimum absolute atomic E-state index is 0.0433. The number of aliphatic hydroxyl groups excluding tert-OH is 3. The number of anilines is 5. The number of aromatic nitrogens is 6. The fourth-order valence-corrected chi connectivity index (χ4v) is 5.32. The Balaban J connectivity index is 1.11. The van der Waals surface area contributed by atoms with Crippen LogP contribution in [0.2, 0.25) is 0 Å². The van der Waals surface area contributed by atoms with Crippen molar-refractivity contribution in [3.05, 3.63) is 114 Å². The first-order valence-electron chi connectivity index (χ1n) is 14.2. The van der Waals surface area contributed by atoms with Crippen molar-refractivity contribution in [2.45, 2.75) is 24.5 Å². The molecule has 0 amide bonds. The number of imidazole rings is 1. The molecule has 1 saturated heterocycles. The summed E-state index contributed by atoms with van der Waals surface area (Å²) in [4.78, 5) is 35.1. The van der Waals surface area contributed by atoms with Gasteiger partial charge >= 0.3 is 0 Å². The van der Waals surface area contributed by atoms with Crippen molar-refractivity contribution in [2.75, 3.05) is 16.8 Å². The zero-order valence-corrected chi connectivity index (χ0v) is 23.7. The highest BCUT2D eigenvalue weighted by molar-refractivity contribution is 5.76. The first kappa shape index (κ1) is 28.3. The Morgan fingerprint density at radius 2 is 1.49 bits per heavy atom. The average Bonchev–Trinajstić information content (AvgIpc) is 3.63. The van der Waals surface area contributed by atoms with Crippen molar-refractivity contribution in [3.63, 3.8) is 0 Å². The van der Waals surface area contributed by atoms with Gasteiger partial charge in [-0.2, -0.15) is 4.98 Å². The van der Waals surface area contributed by atoms with E-state index in [1.807, 2.05) is 89.8 Å². The number of hydrogen-bond acceptors (Lipinski definition) is 11. The van der Waals surface area contributed by atoms with Crippen LogP contribution >= 0.6 is 0 Å². The van der Waals surface area contributed by atoms with Gasteiger partial charge in [-0.15, -0.1) is 0 Å². The number of benzene rings is 2. The van der Waals surface area contributed by atoms with Crippen LogP contribution in [0.3, 0.4) is 0 Å². The van der Waals surface area contributed by atoms with Crippen LogP contribution in [-0.4, -0.2) is 69.7 Å². The van der Waals surface area contributed by atoms with Crippen molar-refractivity contribution >= 4 is 40.1 Å². The van der Waals surface area contributed by atoms with E-state index in [1.54, 1.807) is 12.4 Å². The molecule has 0 spiro atoms. The van der Waals surface area contributed by atoms with E-state index in [9.17, 15) is 20.1 Å². The third-order valence-corrected chi connectivity index (χ3v) is 7.59. The van der Waals surface area contributed by atoms with Gasteiger partial charge in [0.05, 0.1) is 12.9 Å². The predicted octanol–water partition coefficient (Wildman–Crippen LogP) is 3.40. The smallest absolute Gasteiger partial charge is 0.280 e. The highest BCUT2D eigenvalue weighted by Gasteiger charge is 2.44. The summed E-state index contributed by atoms with van der Waals surface area (Å²) in [5, 5.41) is 33.2. The summed E-state index contributed by atoms with van der Waals surface area (Å²) in [5.74, 6) is 1.67. The molecule has 45 heavy (non-hydrogen) atoms. The van der Waals surface area contributed by atoms with Crippen LogP contribution in [-0.2, 0) is 4.74 Å². The van der Waals surface area contributed by atoms with E-state index in [-0.39, 0.29) is 17.1 Å². The second-order valence-corrected chi connectivity index (χ2v) is 10.4. The van der Waals surface area contributed by atoms with Gasteiger partial charge in [0.1, 0.15) is 29.9 Å². The van der Waals surface area contributed by atoms with Gasteiger partial charge in [-0.25, -0.2) is 15.0 Å². The molecule has 2 aromatic carbocycles. The maximum Gasteiger partial charge on any atom is 0.280 e. The standard InChI is InChI=1S/C32H28N8O5/c41-17-23-27(42)28(43)31(45-23)39-18-35-26-29(39)37-32(38-30(26)44)36-21-11-7-19(8-12-21)20-9-13-22(14-10-20)40(24-5-1-3-15-33-24)25-6-2-4-16-34-25/h1-16,18,23,27-28,31,41-43H,17H2,(H2,36,37,38,44)/t23-,27-,28-,31-/m1/s1. The number of aliphatic hydroxyl groups is 3. The van der Waals surface area contributed by atoms with Gasteiger partial charge in [0.25, 0.3) is 5.56 Å². The van der Waals surface area contributed by atoms with Gasteiger partial charge in [0, 0.05) is 23.8 Å². The summed E-state index contributed by atoms with van der Waals surface area (Å²) in [5.41, 5.74) is 3.27. The highest BCUT2D eigenvalue weighted by Crippen LogP contribution is 2.34. The molecule has 0 bridgehead atoms. The molecule has 0 unspecified atom stereocenters. The Bertz CT molecular complexity index is 1930. The van der Waals surface area contributed by atoms with E-state index in [0.717, 1.165) is 28.5 Å². The number of rotatable bonds is 8. The van der Waals surface area contributed by atoms with Crippen LogP contribution in [0.15, 0.2) is 108 Å². The highest BCUT2D eigenvalue weighted by atomic mass is 16.6. The molecule has 0 saturated carbocycles. The first-order chi connectivity index (χ1) is 22.0. The fraction of sp³-hybridized carbons (Fsp3) is 0.156. The number of aromatic amines is 1. The van der Waals surface area contributed by atoms with Gasteiger partial charge in [-0.05, 0) is 59.7 Å². The van der Waals surface area contributed by atoms with Crippen LogP contribution in [0, 0.1) is 0 Å². The number of nitrogens with zero attached hydrogens (tertiary/aromatic N) is 6. The van der Waals surface area contributed by atoms with Gasteiger partial charge in [0.2, 0.25) is 5.95 Å². The number of nitrogens with one attached hydrogen (secondary N) is 2. The van der Waals surface area contributed by atoms with E-state index >= 15 is 0 Å². The second kappa shape index (κ2) is 11.9. The molecular formula is C32H28N8O5. The molecule has 0 radical (unpaired) electrons. The predicted molar refractivity (Wildman–Crippen MR) is 167 cm³/mol. The number of pyridine rings is 2. The summed E-state index contributed by atoms with van der Waals surface area (Å²) in [6, 6.07) is 27.2. The lowest BCUT2D eigenvalue weighted by molar-refractivity contribution is -0.0511. The quantitative estimate of drug-likeness (QED) is 0.172. The largest absolute Gasteiger partial charge is 0.394 e. The molecule has 6 aromatic rings. The maximum atomic E-state index is 12.8. The number of fused-ring (bicyclic) bond motifs is 1. The Morgan fingerprint density at radius 3 is 2.07 bits per heavy atom. The molecule has 5 N–H and O–H groups in total. The number of H-pyrrole nitrogens is 1. The Morgan fingerprint density at radius 1 is 0.844 bits per heavy atom. The SMILES string of the molecule is O=c1[nH]c(Nc2ccc(-c3ccc(N(c4ccccn4)c4ccccn4)cc3)cc2)nc2c1ncn2[C@@H]1O[C@H](CO)[C@@H](O)[C@H]1O. The van der Waals surface area contributed by atoms with Crippen molar-refractivity contribution < 1.29 is 20.1 Å². The zero-order chi connectivity index (χ0) is 30.9. The lowest BCUT2D eigenvalue weighted by Crippen LogP contribution is -2.33. The second-order valence-electron chi connectivity index (χ2n) is 10.4. The van der Waals surface area contributed by atoms with Crippen molar-refractivity contribution in [2.24, 2.45) is 0 Å².